The minimum Gasteiger partial charge on any atom is -0.444 e. The van der Waals surface area contributed by atoms with E-state index in [2.05, 4.69) is 4.90 Å². The average molecular weight is 449 g/mol. The van der Waals surface area contributed by atoms with E-state index in [0.717, 1.165) is 38.1 Å². The number of benzene rings is 1. The number of hydrogen-bond acceptors (Lipinski definition) is 5. The SMILES string of the molecule is CC(C)(C)OC(=O)N1CC2(CCN(Cc3cccc(S(=O)(=O)C(F)(F)F)c3)CC2)C1. The van der Waals surface area contributed by atoms with E-state index in [4.69, 9.17) is 4.74 Å². The molecule has 0 N–H and O–H groups in total. The summed E-state index contributed by atoms with van der Waals surface area (Å²) in [7, 11) is -5.35. The molecule has 2 aliphatic heterocycles. The number of amides is 1. The van der Waals surface area contributed by atoms with Crippen LogP contribution in [0.1, 0.15) is 39.2 Å². The molecule has 1 aromatic carbocycles. The highest BCUT2D eigenvalue weighted by Gasteiger charge is 2.48. The molecular weight excluding hydrogens is 421 g/mol. The van der Waals surface area contributed by atoms with Gasteiger partial charge in [-0.25, -0.2) is 13.2 Å². The first-order valence-electron chi connectivity index (χ1n) is 9.81. The molecule has 0 unspecified atom stereocenters. The van der Waals surface area contributed by atoms with E-state index in [1.165, 1.54) is 6.07 Å². The number of likely N-dealkylation sites (tertiary alicyclic amines) is 2. The standard InChI is InChI=1S/C20H27F3N2O4S/c1-18(2,3)29-17(26)25-13-19(14-25)7-9-24(10-8-19)12-15-5-4-6-16(11-15)30(27,28)20(21,22)23/h4-6,11H,7-10,12-14H2,1-3H3. The summed E-state index contributed by atoms with van der Waals surface area (Å²) in [4.78, 5) is 15.2. The van der Waals surface area contributed by atoms with Gasteiger partial charge in [0.25, 0.3) is 9.84 Å². The molecule has 1 aromatic rings. The third-order valence-corrected chi connectivity index (χ3v) is 7.02. The minimum atomic E-state index is -5.35. The fourth-order valence-electron chi connectivity index (χ4n) is 3.92. The number of carbonyl (C=O) groups excluding carboxylic acids is 1. The van der Waals surface area contributed by atoms with E-state index in [0.29, 0.717) is 25.2 Å². The molecule has 168 valence electrons. The predicted octanol–water partition coefficient (Wildman–Crippen LogP) is 3.81. The van der Waals surface area contributed by atoms with Crippen molar-refractivity contribution in [3.63, 3.8) is 0 Å². The lowest BCUT2D eigenvalue weighted by Crippen LogP contribution is -2.62. The van der Waals surface area contributed by atoms with Crippen molar-refractivity contribution in [2.75, 3.05) is 26.2 Å². The number of sulfone groups is 1. The molecule has 0 atom stereocenters. The zero-order valence-electron chi connectivity index (χ0n) is 17.3. The number of hydrogen-bond donors (Lipinski definition) is 0. The minimum absolute atomic E-state index is 0.0644. The molecule has 0 radical (unpaired) electrons. The van der Waals surface area contributed by atoms with Crippen LogP contribution < -0.4 is 0 Å². The van der Waals surface area contributed by atoms with Crippen LogP contribution in [-0.4, -0.2) is 61.6 Å². The summed E-state index contributed by atoms with van der Waals surface area (Å²) in [5.74, 6) is 0. The summed E-state index contributed by atoms with van der Waals surface area (Å²) in [5, 5.41) is 0. The highest BCUT2D eigenvalue weighted by atomic mass is 32.2. The molecule has 2 fully saturated rings. The fourth-order valence-corrected chi connectivity index (χ4v) is 4.76. The van der Waals surface area contributed by atoms with Crippen LogP contribution in [-0.2, 0) is 21.1 Å². The number of alkyl halides is 3. The Morgan fingerprint density at radius 1 is 1.13 bits per heavy atom. The average Bonchev–Trinajstić information content (AvgIpc) is 2.58. The highest BCUT2D eigenvalue weighted by Crippen LogP contribution is 2.41. The van der Waals surface area contributed by atoms with E-state index >= 15 is 0 Å². The molecule has 2 aliphatic rings. The Hall–Kier alpha value is -1.81. The van der Waals surface area contributed by atoms with Crippen LogP contribution in [0, 0.1) is 5.41 Å². The summed E-state index contributed by atoms with van der Waals surface area (Å²) in [5.41, 5.74) is -5.25. The van der Waals surface area contributed by atoms with Gasteiger partial charge in [0, 0.05) is 25.0 Å². The second-order valence-corrected chi connectivity index (χ2v) is 11.2. The van der Waals surface area contributed by atoms with E-state index < -0.39 is 25.8 Å². The van der Waals surface area contributed by atoms with Crippen molar-refractivity contribution in [1.29, 1.82) is 0 Å². The molecule has 0 saturated carbocycles. The number of piperidine rings is 1. The van der Waals surface area contributed by atoms with E-state index in [9.17, 15) is 26.4 Å². The van der Waals surface area contributed by atoms with Gasteiger partial charge in [-0.15, -0.1) is 0 Å². The predicted molar refractivity (Wildman–Crippen MR) is 104 cm³/mol. The van der Waals surface area contributed by atoms with Crippen LogP contribution in [0.4, 0.5) is 18.0 Å². The van der Waals surface area contributed by atoms with E-state index in [-0.39, 0.29) is 11.5 Å². The van der Waals surface area contributed by atoms with Gasteiger partial charge in [0.15, 0.2) is 0 Å². The van der Waals surface area contributed by atoms with Crippen molar-refractivity contribution in [3.8, 4) is 0 Å². The van der Waals surface area contributed by atoms with Gasteiger partial charge < -0.3 is 9.64 Å². The Bertz CT molecular complexity index is 893. The molecule has 0 bridgehead atoms. The summed E-state index contributed by atoms with van der Waals surface area (Å²) in [6, 6.07) is 5.04. The van der Waals surface area contributed by atoms with Gasteiger partial charge in [-0.3, -0.25) is 4.90 Å². The van der Waals surface area contributed by atoms with Gasteiger partial charge in [-0.05, 0) is 64.4 Å². The lowest BCUT2D eigenvalue weighted by atomic mass is 9.72. The van der Waals surface area contributed by atoms with Crippen LogP contribution in [0.15, 0.2) is 29.2 Å². The zero-order chi connectivity index (χ0) is 22.4. The van der Waals surface area contributed by atoms with Gasteiger partial charge in [0.2, 0.25) is 0 Å². The van der Waals surface area contributed by atoms with E-state index in [1.54, 1.807) is 11.0 Å². The molecule has 0 aliphatic carbocycles. The van der Waals surface area contributed by atoms with Crippen molar-refractivity contribution >= 4 is 15.9 Å². The van der Waals surface area contributed by atoms with Crippen LogP contribution in [0.3, 0.4) is 0 Å². The van der Waals surface area contributed by atoms with Gasteiger partial charge in [0.05, 0.1) is 4.90 Å². The van der Waals surface area contributed by atoms with Gasteiger partial charge in [-0.2, -0.15) is 13.2 Å². The Morgan fingerprint density at radius 2 is 1.73 bits per heavy atom. The zero-order valence-corrected chi connectivity index (χ0v) is 18.1. The third-order valence-electron chi connectivity index (χ3n) is 5.54. The first kappa shape index (κ1) is 22.9. The maximum absolute atomic E-state index is 12.8. The molecule has 0 aromatic heterocycles. The molecule has 1 spiro atoms. The number of nitrogens with zero attached hydrogens (tertiary/aromatic N) is 2. The largest absolute Gasteiger partial charge is 0.501 e. The maximum Gasteiger partial charge on any atom is 0.501 e. The van der Waals surface area contributed by atoms with E-state index in [1.807, 2.05) is 20.8 Å². The number of ether oxygens (including phenoxy) is 1. The molecular formula is C20H27F3N2O4S. The fraction of sp³-hybridized carbons (Fsp3) is 0.650. The Kier molecular flexibility index (Phi) is 5.87. The first-order valence-corrected chi connectivity index (χ1v) is 11.3. The molecule has 3 rings (SSSR count). The van der Waals surface area contributed by atoms with Crippen LogP contribution in [0.25, 0.3) is 0 Å². The van der Waals surface area contributed by atoms with Crippen LogP contribution in [0.2, 0.25) is 0 Å². The molecule has 10 heteroatoms. The van der Waals surface area contributed by atoms with Crippen molar-refractivity contribution in [2.24, 2.45) is 5.41 Å². The van der Waals surface area contributed by atoms with Crippen molar-refractivity contribution in [3.05, 3.63) is 29.8 Å². The van der Waals surface area contributed by atoms with Crippen LogP contribution in [0.5, 0.6) is 0 Å². The van der Waals surface area contributed by atoms with Crippen LogP contribution >= 0.6 is 0 Å². The third kappa shape index (κ3) is 4.91. The summed E-state index contributed by atoms with van der Waals surface area (Å²) >= 11 is 0. The highest BCUT2D eigenvalue weighted by molar-refractivity contribution is 7.92. The Labute approximate surface area is 174 Å². The number of rotatable bonds is 3. The summed E-state index contributed by atoms with van der Waals surface area (Å²) < 4.78 is 67.0. The maximum atomic E-state index is 12.8. The second kappa shape index (κ2) is 7.71. The summed E-state index contributed by atoms with van der Waals surface area (Å²) in [6.07, 6.45) is 1.43. The Balaban J connectivity index is 1.54. The first-order chi connectivity index (χ1) is 13.7. The van der Waals surface area contributed by atoms with Gasteiger partial charge >= 0.3 is 11.6 Å². The van der Waals surface area contributed by atoms with Gasteiger partial charge in [0.1, 0.15) is 5.60 Å². The quantitative estimate of drug-likeness (QED) is 0.704. The Morgan fingerprint density at radius 3 is 2.27 bits per heavy atom. The topological polar surface area (TPSA) is 66.9 Å². The summed E-state index contributed by atoms with van der Waals surface area (Å²) in [6.45, 7) is 8.63. The molecule has 6 nitrogen and oxygen atoms in total. The number of carbonyl (C=O) groups is 1. The molecule has 30 heavy (non-hydrogen) atoms. The van der Waals surface area contributed by atoms with Gasteiger partial charge in [-0.1, -0.05) is 12.1 Å². The van der Waals surface area contributed by atoms with Crippen molar-refractivity contribution in [2.45, 2.75) is 56.2 Å². The monoisotopic (exact) mass is 448 g/mol. The normalized spacial score (nSPS) is 20.1. The lowest BCUT2D eigenvalue weighted by Gasteiger charge is -2.53. The molecule has 2 saturated heterocycles. The van der Waals surface area contributed by atoms with Crippen molar-refractivity contribution < 1.29 is 31.1 Å². The molecule has 2 heterocycles. The smallest absolute Gasteiger partial charge is 0.444 e. The lowest BCUT2D eigenvalue weighted by molar-refractivity contribution is -0.0601. The van der Waals surface area contributed by atoms with Crippen molar-refractivity contribution in [1.82, 2.24) is 9.80 Å². The number of halogens is 3. The molecule has 1 amide bonds. The second-order valence-electron chi connectivity index (χ2n) is 9.21.